The highest BCUT2D eigenvalue weighted by Crippen LogP contribution is 2.14. The minimum Gasteiger partial charge on any atom is -0.480 e. The number of aromatic amines is 1. The van der Waals surface area contributed by atoms with Crippen molar-refractivity contribution in [1.29, 1.82) is 0 Å². The fourth-order valence-electron chi connectivity index (χ4n) is 1.55. The van der Waals surface area contributed by atoms with Crippen molar-refractivity contribution in [3.8, 4) is 5.88 Å². The molecule has 2 amide bonds. The third-order valence-electron chi connectivity index (χ3n) is 2.56. The van der Waals surface area contributed by atoms with Gasteiger partial charge in [-0.25, -0.2) is 9.48 Å². The van der Waals surface area contributed by atoms with E-state index in [9.17, 15) is 4.79 Å². The predicted octanol–water partition coefficient (Wildman–Crippen LogP) is 0.516. The first kappa shape index (κ1) is 12.9. The van der Waals surface area contributed by atoms with Crippen molar-refractivity contribution in [2.75, 3.05) is 19.0 Å². The Morgan fingerprint density at radius 3 is 3.05 bits per heavy atom. The van der Waals surface area contributed by atoms with Crippen LogP contribution in [0.1, 0.15) is 5.56 Å². The second kappa shape index (κ2) is 5.89. The average Bonchev–Trinajstić information content (AvgIpc) is 3.00. The summed E-state index contributed by atoms with van der Waals surface area (Å²) in [6, 6.07) is 1.37. The Hall–Kier alpha value is -2.51. The molecule has 0 saturated carbocycles. The van der Waals surface area contributed by atoms with Gasteiger partial charge in [0.1, 0.15) is 5.82 Å². The monoisotopic (exact) mass is 264 g/mol. The summed E-state index contributed by atoms with van der Waals surface area (Å²) >= 11 is 0. The number of aryl methyl sites for hydroxylation is 1. The standard InChI is InChI=1S/C11H16N6O2/c1-17-9(5-10(16-17)19-2)15-11(18)12-4-3-8-6-13-14-7-8/h5-7H,3-4H2,1-2H3,(H,13,14)(H2,12,15,18). The number of urea groups is 1. The summed E-state index contributed by atoms with van der Waals surface area (Å²) in [7, 11) is 3.25. The number of hydrogen-bond donors (Lipinski definition) is 3. The molecule has 0 bridgehead atoms. The molecule has 0 atom stereocenters. The summed E-state index contributed by atoms with van der Waals surface area (Å²) in [4.78, 5) is 11.7. The van der Waals surface area contributed by atoms with Crippen LogP contribution < -0.4 is 15.4 Å². The number of aromatic nitrogens is 4. The number of H-pyrrole nitrogens is 1. The van der Waals surface area contributed by atoms with Crippen molar-refractivity contribution < 1.29 is 9.53 Å². The summed E-state index contributed by atoms with van der Waals surface area (Å²) in [5.74, 6) is 1.02. The Morgan fingerprint density at radius 2 is 2.42 bits per heavy atom. The first-order valence-corrected chi connectivity index (χ1v) is 5.79. The van der Waals surface area contributed by atoms with E-state index in [0.717, 1.165) is 12.0 Å². The van der Waals surface area contributed by atoms with Crippen LogP contribution in [-0.2, 0) is 13.5 Å². The molecular weight excluding hydrogens is 248 g/mol. The second-order valence-electron chi connectivity index (χ2n) is 3.93. The topological polar surface area (TPSA) is 96.9 Å². The van der Waals surface area contributed by atoms with E-state index in [1.54, 1.807) is 25.5 Å². The van der Waals surface area contributed by atoms with E-state index in [-0.39, 0.29) is 6.03 Å². The van der Waals surface area contributed by atoms with E-state index in [2.05, 4.69) is 25.9 Å². The Kier molecular flexibility index (Phi) is 4.01. The molecule has 0 aromatic carbocycles. The fraction of sp³-hybridized carbons (Fsp3) is 0.364. The van der Waals surface area contributed by atoms with E-state index in [1.807, 2.05) is 0 Å². The zero-order valence-electron chi connectivity index (χ0n) is 10.8. The Balaban J connectivity index is 1.79. The van der Waals surface area contributed by atoms with Crippen LogP contribution in [0.2, 0.25) is 0 Å². The number of methoxy groups -OCH3 is 1. The molecule has 2 rings (SSSR count). The lowest BCUT2D eigenvalue weighted by Gasteiger charge is -2.06. The molecule has 3 N–H and O–H groups in total. The van der Waals surface area contributed by atoms with Crippen LogP contribution in [-0.4, -0.2) is 39.7 Å². The summed E-state index contributed by atoms with van der Waals surface area (Å²) in [5, 5.41) is 16.0. The average molecular weight is 264 g/mol. The maximum absolute atomic E-state index is 11.7. The normalized spacial score (nSPS) is 10.2. The zero-order chi connectivity index (χ0) is 13.7. The first-order valence-electron chi connectivity index (χ1n) is 5.79. The third kappa shape index (κ3) is 3.47. The quantitative estimate of drug-likeness (QED) is 0.733. The van der Waals surface area contributed by atoms with Crippen molar-refractivity contribution in [2.24, 2.45) is 7.05 Å². The number of nitrogens with one attached hydrogen (secondary N) is 3. The molecule has 2 aromatic rings. The van der Waals surface area contributed by atoms with Crippen LogP contribution in [0.25, 0.3) is 0 Å². The molecule has 2 heterocycles. The van der Waals surface area contributed by atoms with Crippen molar-refractivity contribution in [3.63, 3.8) is 0 Å². The molecule has 0 saturated heterocycles. The van der Waals surface area contributed by atoms with Crippen molar-refractivity contribution in [1.82, 2.24) is 25.3 Å². The first-order chi connectivity index (χ1) is 9.19. The lowest BCUT2D eigenvalue weighted by atomic mass is 10.2. The van der Waals surface area contributed by atoms with Gasteiger partial charge in [0.2, 0.25) is 5.88 Å². The Morgan fingerprint density at radius 1 is 1.58 bits per heavy atom. The third-order valence-corrected chi connectivity index (χ3v) is 2.56. The molecule has 0 fully saturated rings. The molecule has 0 spiro atoms. The second-order valence-corrected chi connectivity index (χ2v) is 3.93. The van der Waals surface area contributed by atoms with Gasteiger partial charge in [0, 0.05) is 25.9 Å². The van der Waals surface area contributed by atoms with Gasteiger partial charge in [-0.1, -0.05) is 0 Å². The fourth-order valence-corrected chi connectivity index (χ4v) is 1.55. The van der Waals surface area contributed by atoms with E-state index < -0.39 is 0 Å². The molecule has 8 heteroatoms. The lowest BCUT2D eigenvalue weighted by molar-refractivity contribution is 0.252. The molecule has 0 aliphatic rings. The molecule has 0 aliphatic carbocycles. The van der Waals surface area contributed by atoms with Gasteiger partial charge in [-0.15, -0.1) is 5.10 Å². The summed E-state index contributed by atoms with van der Waals surface area (Å²) in [6.07, 6.45) is 4.25. The number of hydrogen-bond acceptors (Lipinski definition) is 4. The van der Waals surface area contributed by atoms with Crippen molar-refractivity contribution in [3.05, 3.63) is 24.0 Å². The van der Waals surface area contributed by atoms with Crippen LogP contribution in [0.15, 0.2) is 18.5 Å². The van der Waals surface area contributed by atoms with E-state index in [1.165, 1.54) is 11.8 Å². The molecule has 102 valence electrons. The van der Waals surface area contributed by atoms with Gasteiger partial charge in [-0.05, 0) is 12.0 Å². The van der Waals surface area contributed by atoms with Gasteiger partial charge in [-0.2, -0.15) is 5.10 Å². The van der Waals surface area contributed by atoms with Gasteiger partial charge in [0.05, 0.1) is 13.3 Å². The molecule has 19 heavy (non-hydrogen) atoms. The van der Waals surface area contributed by atoms with Gasteiger partial charge < -0.3 is 10.1 Å². The molecule has 0 aliphatic heterocycles. The maximum atomic E-state index is 11.7. The smallest absolute Gasteiger partial charge is 0.320 e. The zero-order valence-corrected chi connectivity index (χ0v) is 10.8. The van der Waals surface area contributed by atoms with Crippen LogP contribution in [0.4, 0.5) is 10.6 Å². The number of anilines is 1. The van der Waals surface area contributed by atoms with Gasteiger partial charge in [0.25, 0.3) is 0 Å². The Bertz CT molecular complexity index is 533. The number of amides is 2. The maximum Gasteiger partial charge on any atom is 0.320 e. The summed E-state index contributed by atoms with van der Waals surface area (Å²) < 4.78 is 6.51. The molecular formula is C11H16N6O2. The summed E-state index contributed by atoms with van der Waals surface area (Å²) in [6.45, 7) is 0.528. The van der Waals surface area contributed by atoms with E-state index >= 15 is 0 Å². The predicted molar refractivity (Wildman–Crippen MR) is 69.1 cm³/mol. The van der Waals surface area contributed by atoms with E-state index in [0.29, 0.717) is 18.2 Å². The largest absolute Gasteiger partial charge is 0.480 e. The molecule has 2 aromatic heterocycles. The highest BCUT2D eigenvalue weighted by molar-refractivity contribution is 5.88. The number of carbonyl (C=O) groups excluding carboxylic acids is 1. The highest BCUT2D eigenvalue weighted by Gasteiger charge is 2.08. The van der Waals surface area contributed by atoms with Gasteiger partial charge in [-0.3, -0.25) is 10.4 Å². The van der Waals surface area contributed by atoms with Gasteiger partial charge in [0.15, 0.2) is 0 Å². The van der Waals surface area contributed by atoms with Crippen LogP contribution in [0.3, 0.4) is 0 Å². The number of ether oxygens (including phenoxy) is 1. The number of rotatable bonds is 5. The molecule has 8 nitrogen and oxygen atoms in total. The Labute approximate surface area is 110 Å². The number of carbonyl (C=O) groups is 1. The van der Waals surface area contributed by atoms with Crippen LogP contribution in [0.5, 0.6) is 5.88 Å². The minimum atomic E-state index is -0.283. The van der Waals surface area contributed by atoms with Gasteiger partial charge >= 0.3 is 6.03 Å². The van der Waals surface area contributed by atoms with Crippen LogP contribution >= 0.6 is 0 Å². The SMILES string of the molecule is COc1cc(NC(=O)NCCc2cn[nH]c2)n(C)n1. The molecule has 0 radical (unpaired) electrons. The lowest BCUT2D eigenvalue weighted by Crippen LogP contribution is -2.31. The highest BCUT2D eigenvalue weighted by atomic mass is 16.5. The van der Waals surface area contributed by atoms with E-state index in [4.69, 9.17) is 4.74 Å². The van der Waals surface area contributed by atoms with Crippen LogP contribution in [0, 0.1) is 0 Å². The van der Waals surface area contributed by atoms with Crippen molar-refractivity contribution in [2.45, 2.75) is 6.42 Å². The number of nitrogens with zero attached hydrogens (tertiary/aromatic N) is 3. The molecule has 0 unspecified atom stereocenters. The summed E-state index contributed by atoms with van der Waals surface area (Å²) in [5.41, 5.74) is 1.04. The minimum absolute atomic E-state index is 0.283. The van der Waals surface area contributed by atoms with Crippen molar-refractivity contribution >= 4 is 11.8 Å².